The summed E-state index contributed by atoms with van der Waals surface area (Å²) in [6.45, 7) is 2.45. The summed E-state index contributed by atoms with van der Waals surface area (Å²) in [4.78, 5) is 11.3. The zero-order chi connectivity index (χ0) is 20.6. The lowest BCUT2D eigenvalue weighted by Crippen LogP contribution is -2.15. The Labute approximate surface area is 173 Å². The minimum absolute atomic E-state index is 0.199. The van der Waals surface area contributed by atoms with E-state index < -0.39 is 11.2 Å². The van der Waals surface area contributed by atoms with Crippen molar-refractivity contribution in [3.8, 4) is 11.5 Å². The van der Waals surface area contributed by atoms with Crippen LogP contribution in [-0.4, -0.2) is 38.2 Å². The molecule has 0 amide bonds. The highest BCUT2D eigenvalue weighted by Crippen LogP contribution is 2.28. The van der Waals surface area contributed by atoms with E-state index in [4.69, 9.17) is 9.47 Å². The predicted molar refractivity (Wildman–Crippen MR) is 110 cm³/mol. The van der Waals surface area contributed by atoms with Crippen molar-refractivity contribution in [3.05, 3.63) is 66.0 Å². The van der Waals surface area contributed by atoms with Gasteiger partial charge in [-0.25, -0.2) is 0 Å². The van der Waals surface area contributed by atoms with Crippen LogP contribution in [-0.2, 0) is 24.4 Å². The molecule has 1 N–H and O–H groups in total. The molecule has 3 aromatic rings. The van der Waals surface area contributed by atoms with Crippen molar-refractivity contribution in [1.29, 1.82) is 0 Å². The van der Waals surface area contributed by atoms with Gasteiger partial charge in [0, 0.05) is 6.54 Å². The summed E-state index contributed by atoms with van der Waals surface area (Å²) in [5.74, 6) is 0.990. The molecule has 0 fully saturated rings. The SMILES string of the molecule is COc1ccccc1OCc1nnc(S[C@H](C)C(=O)O)n1CCc1ccccc1. The second-order valence-electron chi connectivity index (χ2n) is 6.32. The van der Waals surface area contributed by atoms with E-state index in [2.05, 4.69) is 22.3 Å². The highest BCUT2D eigenvalue weighted by Gasteiger charge is 2.20. The minimum Gasteiger partial charge on any atom is -0.493 e. The average molecular weight is 413 g/mol. The molecule has 0 aliphatic heterocycles. The normalized spacial score (nSPS) is 11.8. The molecule has 152 valence electrons. The lowest BCUT2D eigenvalue weighted by Gasteiger charge is -2.13. The minimum atomic E-state index is -0.889. The van der Waals surface area contributed by atoms with Gasteiger partial charge in [0.15, 0.2) is 22.5 Å². The van der Waals surface area contributed by atoms with E-state index in [0.29, 0.717) is 29.0 Å². The van der Waals surface area contributed by atoms with Crippen LogP contribution in [0.3, 0.4) is 0 Å². The number of ether oxygens (including phenoxy) is 2. The predicted octanol–water partition coefficient (Wildman–Crippen LogP) is 3.67. The fraction of sp³-hybridized carbons (Fsp3) is 0.286. The summed E-state index contributed by atoms with van der Waals surface area (Å²) >= 11 is 1.17. The first-order chi connectivity index (χ1) is 14.1. The second kappa shape index (κ2) is 9.97. The quantitative estimate of drug-likeness (QED) is 0.508. The van der Waals surface area contributed by atoms with E-state index in [-0.39, 0.29) is 6.61 Å². The molecule has 29 heavy (non-hydrogen) atoms. The number of carboxylic acid groups (broad SMARTS) is 1. The maximum absolute atomic E-state index is 11.3. The zero-order valence-corrected chi connectivity index (χ0v) is 17.1. The molecule has 0 radical (unpaired) electrons. The van der Waals surface area contributed by atoms with E-state index in [1.54, 1.807) is 14.0 Å². The van der Waals surface area contributed by atoms with Gasteiger partial charge in [-0.2, -0.15) is 0 Å². The summed E-state index contributed by atoms with van der Waals surface area (Å²) in [6, 6.07) is 17.5. The Morgan fingerprint density at radius 1 is 1.10 bits per heavy atom. The van der Waals surface area contributed by atoms with Gasteiger partial charge in [0.2, 0.25) is 0 Å². The van der Waals surface area contributed by atoms with E-state index >= 15 is 0 Å². The summed E-state index contributed by atoms with van der Waals surface area (Å²) < 4.78 is 13.1. The van der Waals surface area contributed by atoms with E-state index in [9.17, 15) is 9.90 Å². The molecule has 2 aromatic carbocycles. The molecule has 0 aliphatic carbocycles. The smallest absolute Gasteiger partial charge is 0.316 e. The molecule has 8 heteroatoms. The van der Waals surface area contributed by atoms with Crippen molar-refractivity contribution in [2.75, 3.05) is 7.11 Å². The Morgan fingerprint density at radius 2 is 1.79 bits per heavy atom. The maximum Gasteiger partial charge on any atom is 0.316 e. The van der Waals surface area contributed by atoms with Gasteiger partial charge in [-0.3, -0.25) is 4.79 Å². The first kappa shape index (κ1) is 20.7. The highest BCUT2D eigenvalue weighted by atomic mass is 32.2. The Hall–Kier alpha value is -3.00. The number of hydrogen-bond acceptors (Lipinski definition) is 6. The van der Waals surface area contributed by atoms with Crippen LogP contribution in [0.5, 0.6) is 11.5 Å². The van der Waals surface area contributed by atoms with Crippen LogP contribution >= 0.6 is 11.8 Å². The summed E-state index contributed by atoms with van der Waals surface area (Å²) in [5.41, 5.74) is 1.18. The Bertz CT molecular complexity index is 946. The third-order valence-corrected chi connectivity index (χ3v) is 5.38. The van der Waals surface area contributed by atoms with Crippen LogP contribution in [0.2, 0.25) is 0 Å². The van der Waals surface area contributed by atoms with Gasteiger partial charge in [0.05, 0.1) is 7.11 Å². The fourth-order valence-electron chi connectivity index (χ4n) is 2.71. The van der Waals surface area contributed by atoms with Gasteiger partial charge in [-0.1, -0.05) is 54.2 Å². The Balaban J connectivity index is 1.79. The molecular weight excluding hydrogens is 390 g/mol. The largest absolute Gasteiger partial charge is 0.493 e. The van der Waals surface area contributed by atoms with Crippen molar-refractivity contribution in [2.45, 2.75) is 36.9 Å². The van der Waals surface area contributed by atoms with Crippen LogP contribution in [0.25, 0.3) is 0 Å². The molecule has 7 nitrogen and oxygen atoms in total. The fourth-order valence-corrected chi connectivity index (χ4v) is 3.54. The van der Waals surface area contributed by atoms with Crippen LogP contribution < -0.4 is 9.47 Å². The van der Waals surface area contributed by atoms with Crippen molar-refractivity contribution < 1.29 is 19.4 Å². The topological polar surface area (TPSA) is 86.5 Å². The Morgan fingerprint density at radius 3 is 2.48 bits per heavy atom. The number of aliphatic carboxylic acids is 1. The lowest BCUT2D eigenvalue weighted by molar-refractivity contribution is -0.136. The molecule has 3 rings (SSSR count). The number of thioether (sulfide) groups is 1. The van der Waals surface area contributed by atoms with Crippen molar-refractivity contribution in [2.24, 2.45) is 0 Å². The molecule has 0 bridgehead atoms. The number of nitrogens with zero attached hydrogens (tertiary/aromatic N) is 3. The number of aromatic nitrogens is 3. The standard InChI is InChI=1S/C21H23N3O4S/c1-15(20(25)26)29-21-23-22-19(14-28-18-11-7-6-10-17(18)27-2)24(21)13-12-16-8-4-3-5-9-16/h3-11,15H,12-14H2,1-2H3,(H,25,26)/t15-/m1/s1. The van der Waals surface area contributed by atoms with Crippen LogP contribution in [0, 0.1) is 0 Å². The molecule has 0 spiro atoms. The van der Waals surface area contributed by atoms with Crippen molar-refractivity contribution in [3.63, 3.8) is 0 Å². The molecule has 1 heterocycles. The van der Waals surface area contributed by atoms with Gasteiger partial charge in [0.1, 0.15) is 11.9 Å². The number of para-hydroxylation sites is 2. The van der Waals surface area contributed by atoms with Crippen molar-refractivity contribution >= 4 is 17.7 Å². The first-order valence-electron chi connectivity index (χ1n) is 9.19. The van der Waals surface area contributed by atoms with Gasteiger partial charge >= 0.3 is 5.97 Å². The summed E-state index contributed by atoms with van der Waals surface area (Å²) in [6.07, 6.45) is 0.773. The third-order valence-electron chi connectivity index (χ3n) is 4.32. The number of hydrogen-bond donors (Lipinski definition) is 1. The number of benzene rings is 2. The number of aryl methyl sites for hydroxylation is 1. The number of carboxylic acids is 1. The number of rotatable bonds is 10. The third kappa shape index (κ3) is 5.51. The van der Waals surface area contributed by atoms with Gasteiger partial charge in [0.25, 0.3) is 0 Å². The van der Waals surface area contributed by atoms with Crippen LogP contribution in [0.4, 0.5) is 0 Å². The zero-order valence-electron chi connectivity index (χ0n) is 16.3. The van der Waals surface area contributed by atoms with E-state index in [1.807, 2.05) is 47.0 Å². The molecule has 0 saturated carbocycles. The van der Waals surface area contributed by atoms with Gasteiger partial charge in [-0.15, -0.1) is 10.2 Å². The molecule has 0 saturated heterocycles. The van der Waals surface area contributed by atoms with Crippen LogP contribution in [0.1, 0.15) is 18.3 Å². The number of carbonyl (C=O) groups is 1. The summed E-state index contributed by atoms with van der Waals surface area (Å²) in [7, 11) is 1.59. The highest BCUT2D eigenvalue weighted by molar-refractivity contribution is 8.00. The first-order valence-corrected chi connectivity index (χ1v) is 10.1. The van der Waals surface area contributed by atoms with Gasteiger partial charge < -0.3 is 19.1 Å². The van der Waals surface area contributed by atoms with E-state index in [0.717, 1.165) is 6.42 Å². The second-order valence-corrected chi connectivity index (χ2v) is 7.63. The Kier molecular flexibility index (Phi) is 7.13. The number of methoxy groups -OCH3 is 1. The molecule has 1 aromatic heterocycles. The van der Waals surface area contributed by atoms with E-state index in [1.165, 1.54) is 17.3 Å². The molecular formula is C21H23N3O4S. The maximum atomic E-state index is 11.3. The molecule has 0 unspecified atom stereocenters. The van der Waals surface area contributed by atoms with Crippen LogP contribution in [0.15, 0.2) is 59.8 Å². The monoisotopic (exact) mass is 413 g/mol. The van der Waals surface area contributed by atoms with Gasteiger partial charge in [-0.05, 0) is 31.0 Å². The summed E-state index contributed by atoms with van der Waals surface area (Å²) in [5, 5.41) is 17.6. The lowest BCUT2D eigenvalue weighted by atomic mass is 10.1. The molecule has 0 aliphatic rings. The average Bonchev–Trinajstić information content (AvgIpc) is 3.12. The molecule has 1 atom stereocenters. The van der Waals surface area contributed by atoms with Crippen molar-refractivity contribution in [1.82, 2.24) is 14.8 Å².